The monoisotopic (exact) mass is 286 g/mol. The van der Waals surface area contributed by atoms with Crippen LogP contribution in [0.1, 0.15) is 44.3 Å². The zero-order valence-corrected chi connectivity index (χ0v) is 13.1. The maximum Gasteiger partial charge on any atom is 0.137 e. The molecule has 1 atom stereocenters. The summed E-state index contributed by atoms with van der Waals surface area (Å²) in [4.78, 5) is 0. The molecule has 0 spiro atoms. The largest absolute Gasteiger partial charge is 0.330 e. The van der Waals surface area contributed by atoms with Gasteiger partial charge >= 0.3 is 0 Å². The number of aryl methyl sites for hydroxylation is 2. The summed E-state index contributed by atoms with van der Waals surface area (Å²) in [5, 5.41) is 8.62. The molecule has 0 fully saturated rings. The molecule has 114 valence electrons. The summed E-state index contributed by atoms with van der Waals surface area (Å²) in [7, 11) is 0. The van der Waals surface area contributed by atoms with Crippen molar-refractivity contribution in [1.82, 2.24) is 14.8 Å². The third-order valence-electron chi connectivity index (χ3n) is 3.95. The van der Waals surface area contributed by atoms with Gasteiger partial charge in [0.25, 0.3) is 0 Å². The first-order valence-corrected chi connectivity index (χ1v) is 7.92. The number of aromatic nitrogens is 3. The normalized spacial score (nSPS) is 12.5. The van der Waals surface area contributed by atoms with Crippen LogP contribution in [0, 0.1) is 12.8 Å². The van der Waals surface area contributed by atoms with E-state index in [0.717, 1.165) is 43.1 Å². The number of para-hydroxylation sites is 1. The van der Waals surface area contributed by atoms with E-state index in [4.69, 9.17) is 5.73 Å². The predicted molar refractivity (Wildman–Crippen MR) is 86.5 cm³/mol. The lowest BCUT2D eigenvalue weighted by Crippen LogP contribution is -2.11. The van der Waals surface area contributed by atoms with Crippen molar-refractivity contribution in [3.63, 3.8) is 0 Å². The molecule has 0 saturated carbocycles. The Bertz CT molecular complexity index is 527. The fourth-order valence-electron chi connectivity index (χ4n) is 2.89. The van der Waals surface area contributed by atoms with Crippen molar-refractivity contribution in [2.75, 3.05) is 6.54 Å². The minimum atomic E-state index is 0.696. The lowest BCUT2D eigenvalue weighted by atomic mass is 9.94. The lowest BCUT2D eigenvalue weighted by molar-refractivity contribution is 0.416. The summed E-state index contributed by atoms with van der Waals surface area (Å²) in [6.45, 7) is 5.02. The molecule has 0 radical (unpaired) electrons. The number of nitrogens with two attached hydrogens (primary N) is 1. The van der Waals surface area contributed by atoms with Gasteiger partial charge in [-0.2, -0.15) is 0 Å². The first-order valence-electron chi connectivity index (χ1n) is 7.92. The van der Waals surface area contributed by atoms with E-state index in [-0.39, 0.29) is 0 Å². The van der Waals surface area contributed by atoms with Crippen LogP contribution in [0.5, 0.6) is 0 Å². The van der Waals surface area contributed by atoms with Crippen LogP contribution in [0.25, 0.3) is 5.69 Å². The topological polar surface area (TPSA) is 56.7 Å². The van der Waals surface area contributed by atoms with Gasteiger partial charge in [0.15, 0.2) is 0 Å². The van der Waals surface area contributed by atoms with Gasteiger partial charge in [-0.3, -0.25) is 4.57 Å². The molecule has 0 aliphatic heterocycles. The highest BCUT2D eigenvalue weighted by molar-refractivity contribution is 5.33. The van der Waals surface area contributed by atoms with Crippen molar-refractivity contribution in [1.29, 1.82) is 0 Å². The van der Waals surface area contributed by atoms with Crippen LogP contribution in [0.15, 0.2) is 30.3 Å². The highest BCUT2D eigenvalue weighted by Crippen LogP contribution is 2.19. The van der Waals surface area contributed by atoms with Gasteiger partial charge in [0, 0.05) is 12.1 Å². The van der Waals surface area contributed by atoms with Gasteiger partial charge in [-0.1, -0.05) is 38.0 Å². The number of rotatable bonds is 8. The van der Waals surface area contributed by atoms with Gasteiger partial charge in [0.2, 0.25) is 0 Å². The van der Waals surface area contributed by atoms with Crippen molar-refractivity contribution in [2.24, 2.45) is 11.7 Å². The highest BCUT2D eigenvalue weighted by atomic mass is 15.3. The van der Waals surface area contributed by atoms with Crippen molar-refractivity contribution in [3.8, 4) is 5.69 Å². The molecule has 0 saturated heterocycles. The number of hydrogen-bond acceptors (Lipinski definition) is 3. The first-order chi connectivity index (χ1) is 10.3. The second-order valence-electron chi connectivity index (χ2n) is 5.61. The van der Waals surface area contributed by atoms with Gasteiger partial charge in [0.05, 0.1) is 0 Å². The van der Waals surface area contributed by atoms with Gasteiger partial charge in [-0.05, 0) is 44.4 Å². The minimum absolute atomic E-state index is 0.696. The molecule has 1 aromatic carbocycles. The Morgan fingerprint density at radius 2 is 1.86 bits per heavy atom. The number of benzene rings is 1. The Balaban J connectivity index is 2.11. The SMILES string of the molecule is CCCC(CCN)CCc1nnc(C)n1-c1ccccc1. The van der Waals surface area contributed by atoms with E-state index >= 15 is 0 Å². The van der Waals surface area contributed by atoms with E-state index in [2.05, 4.69) is 33.8 Å². The van der Waals surface area contributed by atoms with Crippen molar-refractivity contribution in [2.45, 2.75) is 46.0 Å². The summed E-state index contributed by atoms with van der Waals surface area (Å²) >= 11 is 0. The molecular weight excluding hydrogens is 260 g/mol. The van der Waals surface area contributed by atoms with E-state index in [1.807, 2.05) is 25.1 Å². The molecule has 2 aromatic rings. The fourth-order valence-corrected chi connectivity index (χ4v) is 2.89. The zero-order valence-electron chi connectivity index (χ0n) is 13.1. The molecule has 1 heterocycles. The standard InChI is InChI=1S/C17H26N4/c1-3-7-15(12-13-18)10-11-17-20-19-14(2)21(17)16-8-5-4-6-9-16/h4-6,8-9,15H,3,7,10-13,18H2,1-2H3. The Morgan fingerprint density at radius 1 is 1.10 bits per heavy atom. The van der Waals surface area contributed by atoms with Crippen LogP contribution in [-0.4, -0.2) is 21.3 Å². The number of nitrogens with zero attached hydrogens (tertiary/aromatic N) is 3. The van der Waals surface area contributed by atoms with Crippen molar-refractivity contribution >= 4 is 0 Å². The third-order valence-corrected chi connectivity index (χ3v) is 3.95. The molecule has 4 heteroatoms. The molecule has 0 bridgehead atoms. The molecule has 2 rings (SSSR count). The van der Waals surface area contributed by atoms with Crippen LogP contribution in [-0.2, 0) is 6.42 Å². The van der Waals surface area contributed by atoms with E-state index in [1.165, 1.54) is 12.8 Å². The molecule has 0 aliphatic carbocycles. The molecule has 0 aliphatic rings. The molecule has 21 heavy (non-hydrogen) atoms. The van der Waals surface area contributed by atoms with Crippen LogP contribution in [0.2, 0.25) is 0 Å². The van der Waals surface area contributed by atoms with Crippen molar-refractivity contribution in [3.05, 3.63) is 42.0 Å². The average Bonchev–Trinajstić information content (AvgIpc) is 2.87. The van der Waals surface area contributed by atoms with E-state index < -0.39 is 0 Å². The zero-order chi connectivity index (χ0) is 15.1. The second kappa shape index (κ2) is 7.93. The average molecular weight is 286 g/mol. The maximum atomic E-state index is 5.72. The summed E-state index contributed by atoms with van der Waals surface area (Å²) in [6, 6.07) is 10.3. The molecule has 1 aromatic heterocycles. The summed E-state index contributed by atoms with van der Waals surface area (Å²) in [5.74, 6) is 2.69. The molecular formula is C17H26N4. The third kappa shape index (κ3) is 4.14. The molecule has 1 unspecified atom stereocenters. The Hall–Kier alpha value is -1.68. The van der Waals surface area contributed by atoms with Gasteiger partial charge in [-0.15, -0.1) is 10.2 Å². The Kier molecular flexibility index (Phi) is 5.93. The second-order valence-corrected chi connectivity index (χ2v) is 5.61. The summed E-state index contributed by atoms with van der Waals surface area (Å²) < 4.78 is 2.16. The Morgan fingerprint density at radius 3 is 2.52 bits per heavy atom. The van der Waals surface area contributed by atoms with E-state index in [9.17, 15) is 0 Å². The van der Waals surface area contributed by atoms with Gasteiger partial charge < -0.3 is 5.73 Å². The molecule has 0 amide bonds. The van der Waals surface area contributed by atoms with E-state index in [1.54, 1.807) is 0 Å². The smallest absolute Gasteiger partial charge is 0.137 e. The fraction of sp³-hybridized carbons (Fsp3) is 0.529. The summed E-state index contributed by atoms with van der Waals surface area (Å²) in [5.41, 5.74) is 6.86. The predicted octanol–water partition coefficient (Wildman–Crippen LogP) is 3.27. The van der Waals surface area contributed by atoms with Crippen molar-refractivity contribution < 1.29 is 0 Å². The van der Waals surface area contributed by atoms with Crippen LogP contribution < -0.4 is 5.73 Å². The molecule has 4 nitrogen and oxygen atoms in total. The minimum Gasteiger partial charge on any atom is -0.330 e. The highest BCUT2D eigenvalue weighted by Gasteiger charge is 2.13. The van der Waals surface area contributed by atoms with E-state index in [0.29, 0.717) is 5.92 Å². The van der Waals surface area contributed by atoms with Gasteiger partial charge in [0.1, 0.15) is 11.6 Å². The first kappa shape index (κ1) is 15.7. The van der Waals surface area contributed by atoms with Crippen LogP contribution in [0.4, 0.5) is 0 Å². The molecule has 2 N–H and O–H groups in total. The number of hydrogen-bond donors (Lipinski definition) is 1. The maximum absolute atomic E-state index is 5.72. The van der Waals surface area contributed by atoms with Crippen LogP contribution in [0.3, 0.4) is 0 Å². The van der Waals surface area contributed by atoms with Gasteiger partial charge in [-0.25, -0.2) is 0 Å². The lowest BCUT2D eigenvalue weighted by Gasteiger charge is -2.15. The Labute approximate surface area is 127 Å². The summed E-state index contributed by atoms with van der Waals surface area (Å²) in [6.07, 6.45) is 5.66. The van der Waals surface area contributed by atoms with Crippen LogP contribution >= 0.6 is 0 Å². The quantitative estimate of drug-likeness (QED) is 0.810.